The van der Waals surface area contributed by atoms with Crippen molar-refractivity contribution in [1.82, 2.24) is 15.1 Å². The minimum absolute atomic E-state index is 0.113. The highest BCUT2D eigenvalue weighted by atomic mass is 32.2. The van der Waals surface area contributed by atoms with Crippen molar-refractivity contribution < 1.29 is 9.59 Å². The summed E-state index contributed by atoms with van der Waals surface area (Å²) in [5, 5.41) is 10.3. The van der Waals surface area contributed by atoms with E-state index >= 15 is 0 Å². The molecule has 7 heteroatoms. The van der Waals surface area contributed by atoms with Gasteiger partial charge in [0, 0.05) is 29.6 Å². The average Bonchev–Trinajstić information content (AvgIpc) is 3.30. The molecule has 4 aromatic rings. The van der Waals surface area contributed by atoms with Crippen LogP contribution in [0.5, 0.6) is 0 Å². The monoisotopic (exact) mass is 498 g/mol. The second-order valence-electron chi connectivity index (χ2n) is 8.64. The molecular formula is C29H30N4O2S. The lowest BCUT2D eigenvalue weighted by atomic mass is 10.1. The number of anilines is 1. The predicted molar refractivity (Wildman–Crippen MR) is 147 cm³/mol. The molecule has 2 N–H and O–H groups in total. The van der Waals surface area contributed by atoms with Gasteiger partial charge in [0.05, 0.1) is 23.2 Å². The Kier molecular flexibility index (Phi) is 8.57. The molecule has 1 aromatic heterocycles. The second-order valence-corrected chi connectivity index (χ2v) is 9.97. The zero-order chi connectivity index (χ0) is 25.3. The Balaban J connectivity index is 1.35. The van der Waals surface area contributed by atoms with Gasteiger partial charge in [0.25, 0.3) is 0 Å². The van der Waals surface area contributed by atoms with E-state index in [9.17, 15) is 9.59 Å². The van der Waals surface area contributed by atoms with Crippen LogP contribution in [0.3, 0.4) is 0 Å². The van der Waals surface area contributed by atoms with Crippen molar-refractivity contribution in [3.8, 4) is 11.3 Å². The number of hydrogen-bond donors (Lipinski definition) is 2. The number of benzene rings is 3. The Morgan fingerprint density at radius 2 is 1.61 bits per heavy atom. The van der Waals surface area contributed by atoms with E-state index in [2.05, 4.69) is 22.8 Å². The van der Waals surface area contributed by atoms with Crippen LogP contribution in [0, 0.1) is 6.92 Å². The lowest BCUT2D eigenvalue weighted by Gasteiger charge is -2.12. The number of nitrogens with one attached hydrogen (secondary N) is 2. The van der Waals surface area contributed by atoms with E-state index in [1.54, 1.807) is 0 Å². The number of aromatic nitrogens is 2. The van der Waals surface area contributed by atoms with Crippen molar-refractivity contribution in [2.45, 2.75) is 32.2 Å². The lowest BCUT2D eigenvalue weighted by Crippen LogP contribution is -2.31. The van der Waals surface area contributed by atoms with Gasteiger partial charge in [-0.15, -0.1) is 11.8 Å². The number of aryl methyl sites for hydroxylation is 1. The van der Waals surface area contributed by atoms with Gasteiger partial charge in [-0.3, -0.25) is 14.3 Å². The zero-order valence-corrected chi connectivity index (χ0v) is 21.3. The minimum Gasteiger partial charge on any atom is -0.351 e. The van der Waals surface area contributed by atoms with Crippen LogP contribution in [0.2, 0.25) is 0 Å². The lowest BCUT2D eigenvalue weighted by molar-refractivity contribution is -0.120. The summed E-state index contributed by atoms with van der Waals surface area (Å²) in [4.78, 5) is 25.1. The SMILES string of the molecule is Cc1ccc(NC(=O)CSC(C)C(=O)NCc2cn(Cc3ccccc3)nc2-c2ccccc2)cc1. The first-order valence-electron chi connectivity index (χ1n) is 11.9. The van der Waals surface area contributed by atoms with Crippen LogP contribution in [-0.2, 0) is 22.7 Å². The molecule has 0 spiro atoms. The summed E-state index contributed by atoms with van der Waals surface area (Å²) in [5.74, 6) is -0.0396. The average molecular weight is 499 g/mol. The fraction of sp³-hybridized carbons (Fsp3) is 0.207. The summed E-state index contributed by atoms with van der Waals surface area (Å²) in [7, 11) is 0. The summed E-state index contributed by atoms with van der Waals surface area (Å²) in [5.41, 5.74) is 5.84. The van der Waals surface area contributed by atoms with Gasteiger partial charge in [-0.25, -0.2) is 0 Å². The molecule has 1 atom stereocenters. The molecule has 0 bridgehead atoms. The quantitative estimate of drug-likeness (QED) is 0.312. The fourth-order valence-corrected chi connectivity index (χ4v) is 4.43. The van der Waals surface area contributed by atoms with Crippen molar-refractivity contribution in [3.63, 3.8) is 0 Å². The number of nitrogens with zero attached hydrogens (tertiary/aromatic N) is 2. The van der Waals surface area contributed by atoms with Gasteiger partial charge in [0.2, 0.25) is 11.8 Å². The Morgan fingerprint density at radius 3 is 2.31 bits per heavy atom. The third-order valence-electron chi connectivity index (χ3n) is 5.69. The molecule has 0 aliphatic heterocycles. The van der Waals surface area contributed by atoms with Crippen LogP contribution in [0.1, 0.15) is 23.6 Å². The van der Waals surface area contributed by atoms with Crippen LogP contribution in [0.25, 0.3) is 11.3 Å². The molecule has 0 fully saturated rings. The molecule has 0 aliphatic carbocycles. The maximum Gasteiger partial charge on any atom is 0.234 e. The van der Waals surface area contributed by atoms with Gasteiger partial charge >= 0.3 is 0 Å². The highest BCUT2D eigenvalue weighted by Crippen LogP contribution is 2.23. The highest BCUT2D eigenvalue weighted by molar-refractivity contribution is 8.01. The molecule has 1 unspecified atom stereocenters. The molecular weight excluding hydrogens is 468 g/mol. The molecule has 36 heavy (non-hydrogen) atoms. The molecule has 0 saturated carbocycles. The Bertz CT molecular complexity index is 1290. The first-order valence-corrected chi connectivity index (χ1v) is 12.9. The normalized spacial score (nSPS) is 11.6. The molecule has 1 heterocycles. The smallest absolute Gasteiger partial charge is 0.234 e. The third-order valence-corrected chi connectivity index (χ3v) is 6.84. The molecule has 0 aliphatic rings. The van der Waals surface area contributed by atoms with Crippen LogP contribution in [-0.4, -0.2) is 32.6 Å². The van der Waals surface area contributed by atoms with Crippen LogP contribution >= 0.6 is 11.8 Å². The van der Waals surface area contributed by atoms with Gasteiger partial charge in [0.1, 0.15) is 0 Å². The molecule has 0 saturated heterocycles. The Labute approximate surface area is 216 Å². The van der Waals surface area contributed by atoms with Crippen LogP contribution in [0.15, 0.2) is 91.1 Å². The van der Waals surface area contributed by atoms with E-state index in [-0.39, 0.29) is 22.8 Å². The number of carbonyl (C=O) groups is 2. The maximum atomic E-state index is 12.8. The summed E-state index contributed by atoms with van der Waals surface area (Å²) in [6, 6.07) is 27.8. The van der Waals surface area contributed by atoms with Crippen molar-refractivity contribution in [2.75, 3.05) is 11.1 Å². The van der Waals surface area contributed by atoms with E-state index in [0.717, 1.165) is 33.6 Å². The summed E-state index contributed by atoms with van der Waals surface area (Å²) >= 11 is 1.31. The number of carbonyl (C=O) groups excluding carboxylic acids is 2. The van der Waals surface area contributed by atoms with E-state index in [1.807, 2.05) is 97.5 Å². The number of hydrogen-bond acceptors (Lipinski definition) is 4. The molecule has 4 rings (SSSR count). The number of rotatable bonds is 10. The molecule has 184 valence electrons. The Hall–Kier alpha value is -3.84. The van der Waals surface area contributed by atoms with Gasteiger partial charge in [0.15, 0.2) is 0 Å². The molecule has 3 aromatic carbocycles. The summed E-state index contributed by atoms with van der Waals surface area (Å²) < 4.78 is 1.91. The van der Waals surface area contributed by atoms with Gasteiger partial charge < -0.3 is 10.6 Å². The number of thioether (sulfide) groups is 1. The van der Waals surface area contributed by atoms with Gasteiger partial charge in [-0.05, 0) is 31.5 Å². The predicted octanol–water partition coefficient (Wildman–Crippen LogP) is 5.28. The number of amides is 2. The highest BCUT2D eigenvalue weighted by Gasteiger charge is 2.17. The largest absolute Gasteiger partial charge is 0.351 e. The Morgan fingerprint density at radius 1 is 0.944 bits per heavy atom. The first-order chi connectivity index (χ1) is 17.5. The van der Waals surface area contributed by atoms with Gasteiger partial charge in [-0.2, -0.15) is 5.10 Å². The van der Waals surface area contributed by atoms with Crippen LogP contribution < -0.4 is 10.6 Å². The first kappa shape index (κ1) is 25.3. The molecule has 0 radical (unpaired) electrons. The van der Waals surface area contributed by atoms with Crippen molar-refractivity contribution in [1.29, 1.82) is 0 Å². The van der Waals surface area contributed by atoms with E-state index in [4.69, 9.17) is 5.10 Å². The summed E-state index contributed by atoms with van der Waals surface area (Å²) in [6.07, 6.45) is 1.99. The minimum atomic E-state index is -0.367. The fourth-order valence-electron chi connectivity index (χ4n) is 3.72. The van der Waals surface area contributed by atoms with E-state index in [0.29, 0.717) is 13.1 Å². The topological polar surface area (TPSA) is 76.0 Å². The van der Waals surface area contributed by atoms with Crippen LogP contribution in [0.4, 0.5) is 5.69 Å². The van der Waals surface area contributed by atoms with Crippen molar-refractivity contribution >= 4 is 29.3 Å². The van der Waals surface area contributed by atoms with E-state index < -0.39 is 0 Å². The standard InChI is InChI=1S/C29H30N4O2S/c1-21-13-15-26(16-14-21)31-27(34)20-36-22(2)29(35)30-17-25-19-33(18-23-9-5-3-6-10-23)32-28(25)24-11-7-4-8-12-24/h3-16,19,22H,17-18,20H2,1-2H3,(H,30,35)(H,31,34). The van der Waals surface area contributed by atoms with E-state index in [1.165, 1.54) is 11.8 Å². The second kappa shape index (κ2) is 12.2. The summed E-state index contributed by atoms with van der Waals surface area (Å²) in [6.45, 7) is 4.82. The molecule has 6 nitrogen and oxygen atoms in total. The van der Waals surface area contributed by atoms with Crippen molar-refractivity contribution in [3.05, 3.63) is 108 Å². The van der Waals surface area contributed by atoms with Crippen molar-refractivity contribution in [2.24, 2.45) is 0 Å². The maximum absolute atomic E-state index is 12.8. The molecule has 2 amide bonds. The van der Waals surface area contributed by atoms with Gasteiger partial charge in [-0.1, -0.05) is 78.4 Å². The zero-order valence-electron chi connectivity index (χ0n) is 20.5. The third kappa shape index (κ3) is 7.09.